The van der Waals surface area contributed by atoms with Gasteiger partial charge in [0.2, 0.25) is 0 Å². The summed E-state index contributed by atoms with van der Waals surface area (Å²) in [7, 11) is 1.65. The van der Waals surface area contributed by atoms with Crippen LogP contribution in [0.15, 0.2) is 53.5 Å². The molecule has 0 bridgehead atoms. The van der Waals surface area contributed by atoms with Gasteiger partial charge in [-0.25, -0.2) is 0 Å². The van der Waals surface area contributed by atoms with E-state index in [1.165, 1.54) is 11.1 Å². The minimum Gasteiger partial charge on any atom is -0.497 e. The summed E-state index contributed by atoms with van der Waals surface area (Å²) in [6, 6.07) is 16.8. The zero-order valence-electron chi connectivity index (χ0n) is 16.5. The molecule has 3 N–H and O–H groups in total. The Bertz CT molecular complexity index is 787. The van der Waals surface area contributed by atoms with E-state index in [1.807, 2.05) is 24.3 Å². The van der Waals surface area contributed by atoms with Crippen molar-refractivity contribution in [2.24, 2.45) is 16.6 Å². The van der Waals surface area contributed by atoms with Crippen LogP contribution in [0.3, 0.4) is 0 Å². The maximum atomic E-state index is 6.13. The van der Waals surface area contributed by atoms with Crippen LogP contribution < -0.4 is 15.8 Å². The summed E-state index contributed by atoms with van der Waals surface area (Å²) >= 11 is 0. The Morgan fingerprint density at radius 2 is 1.96 bits per heavy atom. The van der Waals surface area contributed by atoms with Gasteiger partial charge in [-0.3, -0.25) is 9.89 Å². The predicted molar refractivity (Wildman–Crippen MR) is 112 cm³/mol. The van der Waals surface area contributed by atoms with Crippen LogP contribution in [0.5, 0.6) is 5.75 Å². The minimum atomic E-state index is 0.365. The van der Waals surface area contributed by atoms with Crippen LogP contribution in [0.1, 0.15) is 25.0 Å². The third-order valence-electron chi connectivity index (χ3n) is 5.19. The molecule has 0 saturated heterocycles. The first kappa shape index (κ1) is 19.2. The van der Waals surface area contributed by atoms with Gasteiger partial charge in [0.25, 0.3) is 0 Å². The molecule has 1 heterocycles. The van der Waals surface area contributed by atoms with Crippen LogP contribution in [-0.2, 0) is 13.0 Å². The Balaban J connectivity index is 1.65. The van der Waals surface area contributed by atoms with Crippen molar-refractivity contribution in [3.05, 3.63) is 59.7 Å². The Kier molecular flexibility index (Phi) is 6.35. The van der Waals surface area contributed by atoms with Crippen LogP contribution in [0, 0.1) is 5.92 Å². The predicted octanol–water partition coefficient (Wildman–Crippen LogP) is 3.50. The molecule has 1 unspecified atom stereocenters. The van der Waals surface area contributed by atoms with Gasteiger partial charge in [-0.1, -0.05) is 44.2 Å². The molecular weight excluding hydrogens is 336 g/mol. The molecular formula is C22H30N4O. The van der Waals surface area contributed by atoms with Gasteiger partial charge in [-0.05, 0) is 35.6 Å². The third kappa shape index (κ3) is 5.01. The van der Waals surface area contributed by atoms with Crippen LogP contribution >= 0.6 is 0 Å². The molecule has 1 aliphatic rings. The van der Waals surface area contributed by atoms with Crippen molar-refractivity contribution in [2.75, 3.05) is 25.5 Å². The largest absolute Gasteiger partial charge is 0.497 e. The summed E-state index contributed by atoms with van der Waals surface area (Å²) in [6.07, 6.45) is 1.10. The van der Waals surface area contributed by atoms with Gasteiger partial charge in [-0.2, -0.15) is 0 Å². The molecule has 0 spiro atoms. The molecule has 3 rings (SSSR count). The van der Waals surface area contributed by atoms with Gasteiger partial charge in [0.05, 0.1) is 13.7 Å². The highest BCUT2D eigenvalue weighted by Gasteiger charge is 2.25. The first-order chi connectivity index (χ1) is 13.1. The number of aliphatic imine (C=N–C) groups is 1. The zero-order valence-corrected chi connectivity index (χ0v) is 16.5. The topological polar surface area (TPSA) is 62.9 Å². The van der Waals surface area contributed by atoms with E-state index < -0.39 is 0 Å². The highest BCUT2D eigenvalue weighted by atomic mass is 16.5. The molecule has 2 aromatic carbocycles. The number of ether oxygens (including phenoxy) is 1. The fourth-order valence-electron chi connectivity index (χ4n) is 3.63. The molecule has 0 saturated carbocycles. The lowest BCUT2D eigenvalue weighted by Crippen LogP contribution is -2.44. The van der Waals surface area contributed by atoms with Gasteiger partial charge in [-0.15, -0.1) is 0 Å². The number of nitrogens with one attached hydrogen (secondary N) is 1. The summed E-state index contributed by atoms with van der Waals surface area (Å²) in [4.78, 5) is 7.17. The standard InChI is InChI=1S/C22H30N4O/c1-16(2)21(26-12-11-17-7-4-5-8-18(17)15-26)14-24-22(23)25-19-9-6-10-20(13-19)27-3/h4-10,13,16,21H,11-12,14-15H2,1-3H3,(H3,23,24,25). The molecule has 0 amide bonds. The van der Waals surface area contributed by atoms with E-state index in [9.17, 15) is 0 Å². The molecule has 0 fully saturated rings. The average Bonchev–Trinajstić information content (AvgIpc) is 2.68. The minimum absolute atomic E-state index is 0.365. The Morgan fingerprint density at radius 1 is 1.19 bits per heavy atom. The van der Waals surface area contributed by atoms with Gasteiger partial charge < -0.3 is 15.8 Å². The summed E-state index contributed by atoms with van der Waals surface area (Å²) in [5.74, 6) is 1.73. The second kappa shape index (κ2) is 8.91. The van der Waals surface area contributed by atoms with Crippen LogP contribution in [0.4, 0.5) is 5.69 Å². The second-order valence-corrected chi connectivity index (χ2v) is 7.38. The number of nitrogens with two attached hydrogens (primary N) is 1. The third-order valence-corrected chi connectivity index (χ3v) is 5.19. The SMILES string of the molecule is COc1cccc(NC(N)=NCC(C(C)C)N2CCc3ccccc3C2)c1. The highest BCUT2D eigenvalue weighted by molar-refractivity contribution is 5.92. The summed E-state index contributed by atoms with van der Waals surface area (Å²) in [5, 5.41) is 3.16. The van der Waals surface area contributed by atoms with E-state index in [2.05, 4.69) is 53.3 Å². The van der Waals surface area contributed by atoms with E-state index in [4.69, 9.17) is 10.5 Å². The Hall–Kier alpha value is -2.53. The number of anilines is 1. The van der Waals surface area contributed by atoms with Crippen molar-refractivity contribution in [1.82, 2.24) is 4.90 Å². The van der Waals surface area contributed by atoms with E-state index in [-0.39, 0.29) is 0 Å². The molecule has 0 aliphatic carbocycles. The van der Waals surface area contributed by atoms with Crippen molar-refractivity contribution in [3.63, 3.8) is 0 Å². The number of hydrogen-bond acceptors (Lipinski definition) is 3. The molecule has 27 heavy (non-hydrogen) atoms. The van der Waals surface area contributed by atoms with Crippen LogP contribution in [0.2, 0.25) is 0 Å². The number of fused-ring (bicyclic) bond motifs is 1. The van der Waals surface area contributed by atoms with E-state index in [0.29, 0.717) is 24.5 Å². The molecule has 0 aromatic heterocycles. The fourth-order valence-corrected chi connectivity index (χ4v) is 3.63. The molecule has 1 atom stereocenters. The van der Waals surface area contributed by atoms with Gasteiger partial charge in [0, 0.05) is 30.9 Å². The van der Waals surface area contributed by atoms with E-state index in [0.717, 1.165) is 30.9 Å². The maximum Gasteiger partial charge on any atom is 0.193 e. The van der Waals surface area contributed by atoms with E-state index in [1.54, 1.807) is 7.11 Å². The number of methoxy groups -OCH3 is 1. The lowest BCUT2D eigenvalue weighted by Gasteiger charge is -2.37. The Labute approximate surface area is 162 Å². The van der Waals surface area contributed by atoms with Crippen LogP contribution in [-0.4, -0.2) is 37.1 Å². The fraction of sp³-hybridized carbons (Fsp3) is 0.409. The molecule has 2 aromatic rings. The second-order valence-electron chi connectivity index (χ2n) is 7.38. The van der Waals surface area contributed by atoms with Crippen molar-refractivity contribution >= 4 is 11.6 Å². The van der Waals surface area contributed by atoms with E-state index >= 15 is 0 Å². The van der Waals surface area contributed by atoms with Gasteiger partial charge in [0.1, 0.15) is 5.75 Å². The lowest BCUT2D eigenvalue weighted by atomic mass is 9.95. The van der Waals surface area contributed by atoms with Gasteiger partial charge in [0.15, 0.2) is 5.96 Å². The molecule has 5 heteroatoms. The monoisotopic (exact) mass is 366 g/mol. The quantitative estimate of drug-likeness (QED) is 0.607. The normalized spacial score (nSPS) is 16.1. The van der Waals surface area contributed by atoms with Crippen molar-refractivity contribution in [2.45, 2.75) is 32.9 Å². The first-order valence-corrected chi connectivity index (χ1v) is 9.58. The number of hydrogen-bond donors (Lipinski definition) is 2. The highest BCUT2D eigenvalue weighted by Crippen LogP contribution is 2.23. The number of benzene rings is 2. The maximum absolute atomic E-state index is 6.13. The Morgan fingerprint density at radius 3 is 2.70 bits per heavy atom. The number of rotatable bonds is 6. The zero-order chi connectivity index (χ0) is 19.2. The summed E-state index contributed by atoms with van der Waals surface area (Å²) in [6.45, 7) is 7.25. The van der Waals surface area contributed by atoms with Crippen molar-refractivity contribution < 1.29 is 4.74 Å². The first-order valence-electron chi connectivity index (χ1n) is 9.58. The molecule has 5 nitrogen and oxygen atoms in total. The number of nitrogens with zero attached hydrogens (tertiary/aromatic N) is 2. The van der Waals surface area contributed by atoms with Gasteiger partial charge >= 0.3 is 0 Å². The molecule has 144 valence electrons. The average molecular weight is 367 g/mol. The lowest BCUT2D eigenvalue weighted by molar-refractivity contribution is 0.145. The molecule has 0 radical (unpaired) electrons. The summed E-state index contributed by atoms with van der Waals surface area (Å²) < 4.78 is 5.25. The summed E-state index contributed by atoms with van der Waals surface area (Å²) in [5.41, 5.74) is 9.91. The number of guanidine groups is 1. The van der Waals surface area contributed by atoms with Crippen molar-refractivity contribution in [3.8, 4) is 5.75 Å². The van der Waals surface area contributed by atoms with Crippen molar-refractivity contribution in [1.29, 1.82) is 0 Å². The van der Waals surface area contributed by atoms with Crippen LogP contribution in [0.25, 0.3) is 0 Å². The molecule has 1 aliphatic heterocycles. The smallest absolute Gasteiger partial charge is 0.193 e.